The second-order valence-corrected chi connectivity index (χ2v) is 5.77. The summed E-state index contributed by atoms with van der Waals surface area (Å²) in [6, 6.07) is 0. The molecule has 0 heterocycles. The van der Waals surface area contributed by atoms with Crippen LogP contribution in [0.5, 0.6) is 0 Å². The number of aliphatic hydroxyl groups is 1. The number of hydrogen-bond acceptors (Lipinski definition) is 1. The summed E-state index contributed by atoms with van der Waals surface area (Å²) in [4.78, 5) is 0. The molecule has 0 saturated heterocycles. The summed E-state index contributed by atoms with van der Waals surface area (Å²) < 4.78 is 0.995. The monoisotopic (exact) mass is 338 g/mol. The van der Waals surface area contributed by atoms with Crippen LogP contribution in [-0.4, -0.2) is 11.7 Å². The first-order valence-corrected chi connectivity index (χ1v) is 7.27. The third-order valence-corrected chi connectivity index (χ3v) is 5.06. The van der Waals surface area contributed by atoms with E-state index in [9.17, 15) is 0 Å². The van der Waals surface area contributed by atoms with Gasteiger partial charge >= 0.3 is 0 Å². The van der Waals surface area contributed by atoms with Crippen molar-refractivity contribution in [2.75, 3.05) is 6.61 Å². The molecule has 0 saturated carbocycles. The number of aliphatic hydroxyl groups excluding tert-OH is 1. The summed E-state index contributed by atoms with van der Waals surface area (Å²) in [6.07, 6.45) is 1.53. The molecule has 1 aromatic rings. The molecule has 17 heavy (non-hydrogen) atoms. The molecule has 1 N–H and O–H groups in total. The minimum absolute atomic E-state index is 0.143. The van der Waals surface area contributed by atoms with Crippen molar-refractivity contribution in [3.05, 3.63) is 31.2 Å². The highest BCUT2D eigenvalue weighted by Crippen LogP contribution is 2.42. The highest BCUT2D eigenvalue weighted by atomic mass is 79.9. The van der Waals surface area contributed by atoms with Crippen LogP contribution in [0.1, 0.15) is 42.9 Å². The molecule has 1 nitrogen and oxygen atoms in total. The van der Waals surface area contributed by atoms with Gasteiger partial charge < -0.3 is 5.11 Å². The first kappa shape index (κ1) is 15.3. The zero-order valence-electron chi connectivity index (χ0n) is 10.3. The SMILES string of the molecule is CCc1c(Cl)c(C(C)CCO)c(Cl)c(C)c1Br. The molecule has 0 fully saturated rings. The summed E-state index contributed by atoms with van der Waals surface area (Å²) in [7, 11) is 0. The van der Waals surface area contributed by atoms with E-state index in [2.05, 4.69) is 22.9 Å². The van der Waals surface area contributed by atoms with E-state index >= 15 is 0 Å². The molecule has 0 spiro atoms. The zero-order valence-corrected chi connectivity index (χ0v) is 13.4. The molecule has 1 aromatic carbocycles. The topological polar surface area (TPSA) is 20.2 Å². The lowest BCUT2D eigenvalue weighted by Gasteiger charge is -2.20. The van der Waals surface area contributed by atoms with Crippen molar-refractivity contribution in [2.45, 2.75) is 39.5 Å². The maximum atomic E-state index is 9.03. The number of benzene rings is 1. The predicted octanol–water partition coefficient (Wildman–Crippen LogP) is 5.11. The molecular weight excluding hydrogens is 323 g/mol. The maximum Gasteiger partial charge on any atom is 0.0498 e. The Morgan fingerprint density at radius 2 is 1.88 bits per heavy atom. The first-order chi connectivity index (χ1) is 7.95. The van der Waals surface area contributed by atoms with Crippen LogP contribution in [0.25, 0.3) is 0 Å². The normalized spacial score (nSPS) is 12.9. The Kier molecular flexibility index (Phi) is 5.78. The molecule has 0 aromatic heterocycles. The molecule has 1 unspecified atom stereocenters. The van der Waals surface area contributed by atoms with Gasteiger partial charge in [-0.1, -0.05) is 53.0 Å². The molecule has 0 amide bonds. The Labute approximate surface area is 121 Å². The lowest BCUT2D eigenvalue weighted by atomic mass is 9.93. The fourth-order valence-electron chi connectivity index (χ4n) is 1.96. The van der Waals surface area contributed by atoms with Crippen LogP contribution in [-0.2, 0) is 6.42 Å². The van der Waals surface area contributed by atoms with E-state index in [4.69, 9.17) is 28.3 Å². The summed E-state index contributed by atoms with van der Waals surface area (Å²) in [6.45, 7) is 6.23. The summed E-state index contributed by atoms with van der Waals surface area (Å²) >= 11 is 16.3. The fraction of sp³-hybridized carbons (Fsp3) is 0.538. The van der Waals surface area contributed by atoms with Crippen LogP contribution in [0.2, 0.25) is 10.0 Å². The number of rotatable bonds is 4. The van der Waals surface area contributed by atoms with Crippen molar-refractivity contribution in [1.82, 2.24) is 0 Å². The molecule has 0 radical (unpaired) electrons. The standard InChI is InChI=1S/C13H17BrCl2O/c1-4-9-11(14)8(3)12(15)10(13(9)16)7(2)5-6-17/h7,17H,4-6H2,1-3H3. The van der Waals surface area contributed by atoms with Gasteiger partial charge in [-0.2, -0.15) is 0 Å². The van der Waals surface area contributed by atoms with Crippen molar-refractivity contribution in [1.29, 1.82) is 0 Å². The van der Waals surface area contributed by atoms with Crippen LogP contribution in [0.4, 0.5) is 0 Å². The minimum atomic E-state index is 0.143. The van der Waals surface area contributed by atoms with E-state index in [0.29, 0.717) is 11.4 Å². The molecule has 1 rings (SSSR count). The Balaban J connectivity index is 3.44. The zero-order chi connectivity index (χ0) is 13.2. The largest absolute Gasteiger partial charge is 0.396 e. The van der Waals surface area contributed by atoms with Crippen molar-refractivity contribution in [2.24, 2.45) is 0 Å². The molecular formula is C13H17BrCl2O. The second kappa shape index (κ2) is 6.42. The molecule has 0 aliphatic carbocycles. The van der Waals surface area contributed by atoms with Gasteiger partial charge in [0.1, 0.15) is 0 Å². The van der Waals surface area contributed by atoms with E-state index in [-0.39, 0.29) is 12.5 Å². The lowest BCUT2D eigenvalue weighted by Crippen LogP contribution is -2.03. The van der Waals surface area contributed by atoms with E-state index < -0.39 is 0 Å². The molecule has 0 aliphatic heterocycles. The Morgan fingerprint density at radius 1 is 1.29 bits per heavy atom. The van der Waals surface area contributed by atoms with Crippen molar-refractivity contribution in [3.63, 3.8) is 0 Å². The second-order valence-electron chi connectivity index (χ2n) is 4.23. The highest BCUT2D eigenvalue weighted by molar-refractivity contribution is 9.10. The van der Waals surface area contributed by atoms with Gasteiger partial charge in [0.2, 0.25) is 0 Å². The molecule has 4 heteroatoms. The van der Waals surface area contributed by atoms with Crippen LogP contribution in [0.15, 0.2) is 4.47 Å². The number of halogens is 3. The molecule has 96 valence electrons. The van der Waals surface area contributed by atoms with Crippen LogP contribution >= 0.6 is 39.1 Å². The fourth-order valence-corrected chi connectivity index (χ4v) is 3.80. The average Bonchev–Trinajstić information content (AvgIpc) is 2.27. The van der Waals surface area contributed by atoms with E-state index in [0.717, 1.165) is 32.6 Å². The lowest BCUT2D eigenvalue weighted by molar-refractivity contribution is 0.278. The molecule has 0 bridgehead atoms. The van der Waals surface area contributed by atoms with Crippen molar-refractivity contribution in [3.8, 4) is 0 Å². The van der Waals surface area contributed by atoms with E-state index in [1.54, 1.807) is 0 Å². The summed E-state index contributed by atoms with van der Waals surface area (Å²) in [5, 5.41) is 10.5. The van der Waals surface area contributed by atoms with Crippen molar-refractivity contribution >= 4 is 39.1 Å². The van der Waals surface area contributed by atoms with Gasteiger partial charge in [-0.25, -0.2) is 0 Å². The van der Waals surface area contributed by atoms with Gasteiger partial charge in [0.25, 0.3) is 0 Å². The Hall–Kier alpha value is 0.240. The van der Waals surface area contributed by atoms with Crippen LogP contribution < -0.4 is 0 Å². The smallest absolute Gasteiger partial charge is 0.0498 e. The molecule has 1 atom stereocenters. The van der Waals surface area contributed by atoms with E-state index in [1.165, 1.54) is 0 Å². The quantitative estimate of drug-likeness (QED) is 0.807. The van der Waals surface area contributed by atoms with Gasteiger partial charge in [0.15, 0.2) is 0 Å². The Bertz CT molecular complexity index is 419. The number of hydrogen-bond donors (Lipinski definition) is 1. The van der Waals surface area contributed by atoms with Crippen molar-refractivity contribution < 1.29 is 5.11 Å². The van der Waals surface area contributed by atoms with Gasteiger partial charge in [-0.05, 0) is 42.4 Å². The average molecular weight is 340 g/mol. The van der Waals surface area contributed by atoms with Gasteiger partial charge in [0, 0.05) is 21.1 Å². The van der Waals surface area contributed by atoms with Crippen LogP contribution in [0, 0.1) is 6.92 Å². The van der Waals surface area contributed by atoms with Gasteiger partial charge in [-0.15, -0.1) is 0 Å². The first-order valence-electron chi connectivity index (χ1n) is 5.72. The third-order valence-electron chi connectivity index (χ3n) is 3.07. The van der Waals surface area contributed by atoms with E-state index in [1.807, 2.05) is 13.8 Å². The van der Waals surface area contributed by atoms with Gasteiger partial charge in [-0.3, -0.25) is 0 Å². The maximum absolute atomic E-state index is 9.03. The predicted molar refractivity (Wildman–Crippen MR) is 78.4 cm³/mol. The third kappa shape index (κ3) is 2.98. The summed E-state index contributed by atoms with van der Waals surface area (Å²) in [5.74, 6) is 0.164. The summed E-state index contributed by atoms with van der Waals surface area (Å²) in [5.41, 5.74) is 3.07. The highest BCUT2D eigenvalue weighted by Gasteiger charge is 2.21. The van der Waals surface area contributed by atoms with Gasteiger partial charge in [0.05, 0.1) is 0 Å². The molecule has 0 aliphatic rings. The Morgan fingerprint density at radius 3 is 2.35 bits per heavy atom. The minimum Gasteiger partial charge on any atom is -0.396 e. The van der Waals surface area contributed by atoms with Crippen LogP contribution in [0.3, 0.4) is 0 Å².